The van der Waals surface area contributed by atoms with Crippen LogP contribution in [0.1, 0.15) is 0 Å². The zero-order valence-corrected chi connectivity index (χ0v) is 16.9. The van der Waals surface area contributed by atoms with E-state index in [0.717, 1.165) is 27.6 Å². The average Bonchev–Trinajstić information content (AvgIpc) is 3.18. The van der Waals surface area contributed by atoms with Gasteiger partial charge in [-0.1, -0.05) is 48.0 Å². The maximum absolute atomic E-state index is 6.31. The lowest BCUT2D eigenvalue weighted by atomic mass is 10.0. The Labute approximate surface area is 174 Å². The second-order valence-corrected chi connectivity index (χ2v) is 6.88. The molecule has 6 heteroatoms. The molecule has 0 unspecified atom stereocenters. The highest BCUT2D eigenvalue weighted by molar-refractivity contribution is 6.30. The van der Waals surface area contributed by atoms with E-state index in [9.17, 15) is 0 Å². The van der Waals surface area contributed by atoms with Crippen LogP contribution in [-0.2, 0) is 0 Å². The Morgan fingerprint density at radius 1 is 1.03 bits per heavy atom. The Kier molecular flexibility index (Phi) is 5.14. The molecule has 0 atom stereocenters. The monoisotopic (exact) mass is 405 g/mol. The molecule has 3 aromatic carbocycles. The number of anilines is 2. The number of aliphatic imine (C=N–C) groups is 1. The quantitative estimate of drug-likeness (QED) is 0.342. The zero-order chi connectivity index (χ0) is 20.4. The number of nitrogens with zero attached hydrogens (tertiary/aromatic N) is 2. The number of methoxy groups -OCH3 is 1. The Balaban J connectivity index is 1.92. The van der Waals surface area contributed by atoms with Crippen LogP contribution in [-0.4, -0.2) is 20.1 Å². The van der Waals surface area contributed by atoms with Gasteiger partial charge in [-0.15, -0.1) is 0 Å². The molecule has 0 saturated heterocycles. The van der Waals surface area contributed by atoms with Crippen molar-refractivity contribution in [2.45, 2.75) is 0 Å². The number of hydrogen-bond acceptors (Lipinski definition) is 3. The van der Waals surface area contributed by atoms with Crippen LogP contribution in [0.4, 0.5) is 11.6 Å². The molecule has 5 nitrogen and oxygen atoms in total. The largest absolute Gasteiger partial charge is 0.495 e. The lowest BCUT2D eigenvalue weighted by molar-refractivity contribution is 0.415. The molecule has 0 bridgehead atoms. The van der Waals surface area contributed by atoms with E-state index in [1.54, 1.807) is 25.3 Å². The van der Waals surface area contributed by atoms with Gasteiger partial charge in [0, 0.05) is 22.8 Å². The van der Waals surface area contributed by atoms with Crippen molar-refractivity contribution in [2.24, 2.45) is 10.7 Å². The van der Waals surface area contributed by atoms with Gasteiger partial charge in [0.25, 0.3) is 0 Å². The van der Waals surface area contributed by atoms with Crippen LogP contribution in [0.5, 0.6) is 5.75 Å². The van der Waals surface area contributed by atoms with Crippen LogP contribution in [0.15, 0.2) is 82.4 Å². The smallest absolute Gasteiger partial charge is 0.214 e. The van der Waals surface area contributed by atoms with Crippen LogP contribution in [0.3, 0.4) is 0 Å². The molecular weight excluding hydrogens is 386 g/mol. The first kappa shape index (κ1) is 18.9. The van der Waals surface area contributed by atoms with E-state index in [1.807, 2.05) is 66.7 Å². The number of hydrogen-bond donors (Lipinski definition) is 1. The predicted octanol–water partition coefficient (Wildman–Crippen LogP) is 5.84. The van der Waals surface area contributed by atoms with Crippen LogP contribution in [0.25, 0.3) is 21.9 Å². The molecule has 29 heavy (non-hydrogen) atoms. The summed E-state index contributed by atoms with van der Waals surface area (Å²) in [6.07, 6.45) is 1.70. The van der Waals surface area contributed by atoms with Crippen molar-refractivity contribution >= 4 is 39.9 Å². The minimum atomic E-state index is 0.289. The number of ether oxygens (including phenoxy) is 1. The van der Waals surface area contributed by atoms with E-state index in [4.69, 9.17) is 26.5 Å². The van der Waals surface area contributed by atoms with E-state index < -0.39 is 0 Å². The van der Waals surface area contributed by atoms with Gasteiger partial charge in [-0.3, -0.25) is 4.99 Å². The van der Waals surface area contributed by atoms with Crippen molar-refractivity contribution in [3.63, 3.8) is 0 Å². The summed E-state index contributed by atoms with van der Waals surface area (Å²) in [6.45, 7) is 0. The normalized spacial score (nSPS) is 11.6. The van der Waals surface area contributed by atoms with Crippen molar-refractivity contribution in [1.82, 2.24) is 0 Å². The Morgan fingerprint density at radius 2 is 1.76 bits per heavy atom. The topological polar surface area (TPSA) is 64.0 Å². The second kappa shape index (κ2) is 7.89. The number of furan rings is 1. The zero-order valence-electron chi connectivity index (χ0n) is 16.1. The van der Waals surface area contributed by atoms with E-state index in [0.29, 0.717) is 16.7 Å². The van der Waals surface area contributed by atoms with Gasteiger partial charge in [-0.2, -0.15) is 0 Å². The third-order valence-electron chi connectivity index (χ3n) is 4.75. The first-order chi connectivity index (χ1) is 14.1. The van der Waals surface area contributed by atoms with Crippen LogP contribution < -0.4 is 15.4 Å². The first-order valence-electron chi connectivity index (χ1n) is 9.05. The highest BCUT2D eigenvalue weighted by Crippen LogP contribution is 2.40. The van der Waals surface area contributed by atoms with Gasteiger partial charge in [0.2, 0.25) is 11.8 Å². The molecule has 1 aromatic heterocycles. The maximum Gasteiger partial charge on any atom is 0.214 e. The molecule has 0 saturated carbocycles. The molecule has 0 fully saturated rings. The SMILES string of the molecule is CN=C(N)N(c1cc(-c2ccc(Cl)cc2)ccc1OC)c1occ2ccccc12. The molecular formula is C23H20ClN3O2. The third-order valence-corrected chi connectivity index (χ3v) is 5.00. The number of fused-ring (bicyclic) bond motifs is 1. The molecule has 0 aliphatic carbocycles. The van der Waals surface area contributed by atoms with Gasteiger partial charge < -0.3 is 14.9 Å². The number of guanidine groups is 1. The fourth-order valence-corrected chi connectivity index (χ4v) is 3.40. The molecule has 0 amide bonds. The van der Waals surface area contributed by atoms with E-state index in [-0.39, 0.29) is 5.96 Å². The fraction of sp³-hybridized carbons (Fsp3) is 0.0870. The number of rotatable bonds is 4. The Morgan fingerprint density at radius 3 is 2.48 bits per heavy atom. The average molecular weight is 406 g/mol. The van der Waals surface area contributed by atoms with E-state index >= 15 is 0 Å². The van der Waals surface area contributed by atoms with E-state index in [1.165, 1.54) is 0 Å². The third kappa shape index (κ3) is 3.52. The summed E-state index contributed by atoms with van der Waals surface area (Å²) in [5.41, 5.74) is 9.04. The minimum absolute atomic E-state index is 0.289. The first-order valence-corrected chi connectivity index (χ1v) is 9.42. The summed E-state index contributed by atoms with van der Waals surface area (Å²) in [6, 6.07) is 21.4. The van der Waals surface area contributed by atoms with Crippen molar-refractivity contribution in [3.8, 4) is 16.9 Å². The summed E-state index contributed by atoms with van der Waals surface area (Å²) in [4.78, 5) is 5.97. The van der Waals surface area contributed by atoms with Crippen molar-refractivity contribution in [1.29, 1.82) is 0 Å². The van der Waals surface area contributed by atoms with Crippen molar-refractivity contribution < 1.29 is 9.15 Å². The molecule has 4 aromatic rings. The van der Waals surface area contributed by atoms with Crippen LogP contribution >= 0.6 is 11.6 Å². The summed E-state index contributed by atoms with van der Waals surface area (Å²) in [5.74, 6) is 1.52. The number of halogens is 1. The molecule has 0 spiro atoms. The molecule has 4 rings (SSSR count). The van der Waals surface area contributed by atoms with Gasteiger partial charge in [0.05, 0.1) is 12.8 Å². The highest BCUT2D eigenvalue weighted by atomic mass is 35.5. The summed E-state index contributed by atoms with van der Waals surface area (Å²) >= 11 is 6.04. The summed E-state index contributed by atoms with van der Waals surface area (Å²) < 4.78 is 11.5. The number of nitrogens with two attached hydrogens (primary N) is 1. The lowest BCUT2D eigenvalue weighted by Crippen LogP contribution is -2.33. The van der Waals surface area contributed by atoms with Gasteiger partial charge in [-0.05, 0) is 41.5 Å². The summed E-state index contributed by atoms with van der Waals surface area (Å²) in [5, 5.41) is 2.59. The van der Waals surface area contributed by atoms with Gasteiger partial charge >= 0.3 is 0 Å². The van der Waals surface area contributed by atoms with Crippen LogP contribution in [0.2, 0.25) is 5.02 Å². The fourth-order valence-electron chi connectivity index (χ4n) is 3.27. The second-order valence-electron chi connectivity index (χ2n) is 6.44. The molecule has 1 heterocycles. The highest BCUT2D eigenvalue weighted by Gasteiger charge is 2.23. The molecule has 2 N–H and O–H groups in total. The van der Waals surface area contributed by atoms with Gasteiger partial charge in [-0.25, -0.2) is 4.90 Å². The Bertz CT molecular complexity index is 1180. The van der Waals surface area contributed by atoms with Crippen molar-refractivity contribution in [2.75, 3.05) is 19.1 Å². The van der Waals surface area contributed by atoms with Crippen LogP contribution in [0, 0.1) is 0 Å². The standard InChI is InChI=1S/C23H20ClN3O2/c1-26-23(25)27(22-19-6-4-3-5-17(19)14-29-22)20-13-16(9-12-21(20)28-2)15-7-10-18(24)11-8-15/h3-14H,1-2H3,(H2,25,26). The molecule has 146 valence electrons. The molecule has 0 radical (unpaired) electrons. The Hall–Kier alpha value is -3.44. The predicted molar refractivity (Wildman–Crippen MR) is 119 cm³/mol. The minimum Gasteiger partial charge on any atom is -0.495 e. The van der Waals surface area contributed by atoms with Gasteiger partial charge in [0.1, 0.15) is 12.0 Å². The van der Waals surface area contributed by atoms with Crippen molar-refractivity contribution in [3.05, 3.63) is 78.0 Å². The lowest BCUT2D eigenvalue weighted by Gasteiger charge is -2.24. The number of benzene rings is 3. The summed E-state index contributed by atoms with van der Waals surface area (Å²) in [7, 11) is 3.27. The maximum atomic E-state index is 6.31. The molecule has 0 aliphatic heterocycles. The van der Waals surface area contributed by atoms with E-state index in [2.05, 4.69) is 4.99 Å². The molecule has 0 aliphatic rings. The van der Waals surface area contributed by atoms with Gasteiger partial charge in [0.15, 0.2) is 0 Å².